The summed E-state index contributed by atoms with van der Waals surface area (Å²) >= 11 is 5.90. The lowest BCUT2D eigenvalue weighted by molar-refractivity contribution is 0.141. The fourth-order valence-corrected chi connectivity index (χ4v) is 2.98. The minimum absolute atomic E-state index is 0.240. The predicted molar refractivity (Wildman–Crippen MR) is 97.1 cm³/mol. The minimum Gasteiger partial charge on any atom is -0.444 e. The van der Waals surface area contributed by atoms with Crippen LogP contribution in [0.3, 0.4) is 0 Å². The first-order chi connectivity index (χ1) is 12.3. The van der Waals surface area contributed by atoms with Gasteiger partial charge in [0, 0.05) is 22.0 Å². The zero-order chi connectivity index (χ0) is 18.8. The Bertz CT molecular complexity index is 875. The number of carbonyl (C=O) groups excluding carboxylic acids is 2. The summed E-state index contributed by atoms with van der Waals surface area (Å²) in [7, 11) is 0. The predicted octanol–water partition coefficient (Wildman–Crippen LogP) is 4.60. The van der Waals surface area contributed by atoms with Crippen molar-refractivity contribution in [1.29, 1.82) is 0 Å². The molecule has 26 heavy (non-hydrogen) atoms. The Hall–Kier alpha value is -2.80. The molecule has 1 aliphatic rings. The van der Waals surface area contributed by atoms with E-state index in [4.69, 9.17) is 16.3 Å². The Kier molecular flexibility index (Phi) is 4.99. The monoisotopic (exact) mass is 377 g/mol. The molecule has 6 nitrogen and oxygen atoms in total. The number of ether oxygens (including phenoxy) is 1. The summed E-state index contributed by atoms with van der Waals surface area (Å²) in [6, 6.07) is 8.14. The highest BCUT2D eigenvalue weighted by Crippen LogP contribution is 2.29. The van der Waals surface area contributed by atoms with E-state index in [9.17, 15) is 14.0 Å². The first kappa shape index (κ1) is 18.0. The van der Waals surface area contributed by atoms with Crippen molar-refractivity contribution in [2.24, 2.45) is 0 Å². The van der Waals surface area contributed by atoms with Gasteiger partial charge >= 0.3 is 12.1 Å². The van der Waals surface area contributed by atoms with Crippen molar-refractivity contribution in [1.82, 2.24) is 5.32 Å². The van der Waals surface area contributed by atoms with Crippen LogP contribution in [0.5, 0.6) is 0 Å². The number of aryl methyl sites for hydroxylation is 1. The summed E-state index contributed by atoms with van der Waals surface area (Å²) < 4.78 is 19.1. The van der Waals surface area contributed by atoms with E-state index in [0.29, 0.717) is 16.4 Å². The Morgan fingerprint density at radius 1 is 1.23 bits per heavy atom. The highest BCUT2D eigenvalue weighted by atomic mass is 35.5. The van der Waals surface area contributed by atoms with E-state index in [0.717, 1.165) is 5.56 Å². The van der Waals surface area contributed by atoms with E-state index >= 15 is 0 Å². The smallest absolute Gasteiger partial charge is 0.408 e. The maximum Gasteiger partial charge on any atom is 0.408 e. The second-order valence-corrected chi connectivity index (χ2v) is 6.44. The summed E-state index contributed by atoms with van der Waals surface area (Å²) in [6.07, 6.45) is -1.12. The largest absolute Gasteiger partial charge is 0.444 e. The third kappa shape index (κ3) is 3.88. The van der Waals surface area contributed by atoms with Crippen LogP contribution >= 0.6 is 11.6 Å². The van der Waals surface area contributed by atoms with Crippen LogP contribution < -0.4 is 16.0 Å². The van der Waals surface area contributed by atoms with Gasteiger partial charge < -0.3 is 20.7 Å². The van der Waals surface area contributed by atoms with Crippen molar-refractivity contribution in [2.75, 3.05) is 10.6 Å². The summed E-state index contributed by atoms with van der Waals surface area (Å²) in [6.45, 7) is 3.49. The lowest BCUT2D eigenvalue weighted by Crippen LogP contribution is -2.23. The number of hydrogen-bond donors (Lipinski definition) is 3. The summed E-state index contributed by atoms with van der Waals surface area (Å²) in [5.74, 6) is -0.493. The van der Waals surface area contributed by atoms with Gasteiger partial charge in [-0.2, -0.15) is 0 Å². The van der Waals surface area contributed by atoms with Crippen molar-refractivity contribution in [3.8, 4) is 0 Å². The lowest BCUT2D eigenvalue weighted by Gasteiger charge is -2.16. The Labute approximate surface area is 154 Å². The van der Waals surface area contributed by atoms with E-state index in [-0.39, 0.29) is 5.56 Å². The van der Waals surface area contributed by atoms with Crippen LogP contribution in [0.25, 0.3) is 0 Å². The van der Waals surface area contributed by atoms with Crippen molar-refractivity contribution in [2.45, 2.75) is 26.0 Å². The molecule has 3 amide bonds. The molecule has 1 saturated heterocycles. The van der Waals surface area contributed by atoms with Gasteiger partial charge in [0.15, 0.2) is 0 Å². The van der Waals surface area contributed by atoms with Crippen molar-refractivity contribution in [3.63, 3.8) is 0 Å². The van der Waals surface area contributed by atoms with Crippen LogP contribution in [0.15, 0.2) is 36.4 Å². The molecular formula is C18H17ClFN3O3. The summed E-state index contributed by atoms with van der Waals surface area (Å²) in [5, 5.41) is 8.48. The van der Waals surface area contributed by atoms with Gasteiger partial charge in [-0.25, -0.2) is 14.0 Å². The standard InChI is InChI=1S/C18H17ClFN3O3/c1-9-7-11(19)3-6-15(9)22-17(24)21-12-4-5-14(20)13(8-12)16-10(2)26-18(25)23-16/h3-8,10,16H,1-2H3,(H,23,25)(H2,21,22,24). The molecule has 3 rings (SSSR count). The van der Waals surface area contributed by atoms with E-state index in [1.54, 1.807) is 25.1 Å². The highest BCUT2D eigenvalue weighted by molar-refractivity contribution is 6.30. The Balaban J connectivity index is 1.74. The van der Waals surface area contributed by atoms with E-state index in [2.05, 4.69) is 16.0 Å². The molecule has 2 unspecified atom stereocenters. The Morgan fingerprint density at radius 3 is 2.65 bits per heavy atom. The molecule has 2 atom stereocenters. The third-order valence-corrected chi connectivity index (χ3v) is 4.30. The molecule has 136 valence electrons. The van der Waals surface area contributed by atoms with Crippen LogP contribution in [0.4, 0.5) is 25.4 Å². The molecule has 0 bridgehead atoms. The van der Waals surface area contributed by atoms with Gasteiger partial charge in [0.25, 0.3) is 0 Å². The topological polar surface area (TPSA) is 79.5 Å². The molecule has 3 N–H and O–H groups in total. The SMILES string of the molecule is Cc1cc(Cl)ccc1NC(=O)Nc1ccc(F)c(C2NC(=O)OC2C)c1. The molecule has 0 spiro atoms. The minimum atomic E-state index is -0.620. The number of rotatable bonds is 3. The lowest BCUT2D eigenvalue weighted by atomic mass is 10.0. The van der Waals surface area contributed by atoms with Crippen LogP contribution in [-0.4, -0.2) is 18.2 Å². The van der Waals surface area contributed by atoms with E-state index in [1.165, 1.54) is 18.2 Å². The van der Waals surface area contributed by atoms with Crippen molar-refractivity contribution < 1.29 is 18.7 Å². The molecule has 0 radical (unpaired) electrons. The molecule has 8 heteroatoms. The molecule has 0 aliphatic carbocycles. The fraction of sp³-hybridized carbons (Fsp3) is 0.222. The van der Waals surface area contributed by atoms with Gasteiger partial charge in [-0.3, -0.25) is 0 Å². The summed E-state index contributed by atoms with van der Waals surface area (Å²) in [5.41, 5.74) is 2.05. The molecule has 0 aromatic heterocycles. The molecule has 1 heterocycles. The van der Waals surface area contributed by atoms with Crippen molar-refractivity contribution >= 4 is 35.1 Å². The number of cyclic esters (lactones) is 1. The van der Waals surface area contributed by atoms with Gasteiger partial charge in [0.2, 0.25) is 0 Å². The van der Waals surface area contributed by atoms with Gasteiger partial charge in [0.1, 0.15) is 11.9 Å². The number of urea groups is 1. The second kappa shape index (κ2) is 7.21. The number of nitrogens with one attached hydrogen (secondary N) is 3. The molecule has 2 aromatic rings. The second-order valence-electron chi connectivity index (χ2n) is 6.01. The Morgan fingerprint density at radius 2 is 2.00 bits per heavy atom. The maximum absolute atomic E-state index is 14.1. The number of alkyl carbamates (subject to hydrolysis) is 1. The average molecular weight is 378 g/mol. The first-order valence-corrected chi connectivity index (χ1v) is 8.32. The molecule has 2 aromatic carbocycles. The quantitative estimate of drug-likeness (QED) is 0.731. The zero-order valence-corrected chi connectivity index (χ0v) is 14.9. The van der Waals surface area contributed by atoms with Crippen LogP contribution in [0, 0.1) is 12.7 Å². The van der Waals surface area contributed by atoms with Gasteiger partial charge in [-0.05, 0) is 55.8 Å². The van der Waals surface area contributed by atoms with Crippen LogP contribution in [0.1, 0.15) is 24.1 Å². The van der Waals surface area contributed by atoms with E-state index < -0.39 is 30.1 Å². The summed E-state index contributed by atoms with van der Waals surface area (Å²) in [4.78, 5) is 23.5. The molecule has 0 saturated carbocycles. The van der Waals surface area contributed by atoms with Crippen LogP contribution in [0.2, 0.25) is 5.02 Å². The highest BCUT2D eigenvalue weighted by Gasteiger charge is 2.33. The molecule has 1 fully saturated rings. The first-order valence-electron chi connectivity index (χ1n) is 7.94. The van der Waals surface area contributed by atoms with Crippen LogP contribution in [-0.2, 0) is 4.74 Å². The number of amides is 3. The van der Waals surface area contributed by atoms with Crippen molar-refractivity contribution in [3.05, 3.63) is 58.4 Å². The maximum atomic E-state index is 14.1. The zero-order valence-electron chi connectivity index (χ0n) is 14.1. The molecular weight excluding hydrogens is 361 g/mol. The number of anilines is 2. The number of carbonyl (C=O) groups is 2. The third-order valence-electron chi connectivity index (χ3n) is 4.06. The van der Waals surface area contributed by atoms with Gasteiger partial charge in [-0.15, -0.1) is 0 Å². The number of halogens is 2. The van der Waals surface area contributed by atoms with Gasteiger partial charge in [-0.1, -0.05) is 11.6 Å². The number of benzene rings is 2. The molecule has 1 aliphatic heterocycles. The fourth-order valence-electron chi connectivity index (χ4n) is 2.76. The normalized spacial score (nSPS) is 18.8. The average Bonchev–Trinajstić information content (AvgIpc) is 2.90. The number of hydrogen-bond acceptors (Lipinski definition) is 3. The van der Waals surface area contributed by atoms with Gasteiger partial charge in [0.05, 0.1) is 6.04 Å². The van der Waals surface area contributed by atoms with E-state index in [1.807, 2.05) is 6.92 Å².